The molecule has 0 fully saturated rings. The van der Waals surface area contributed by atoms with E-state index in [0.29, 0.717) is 11.1 Å². The first-order valence-corrected chi connectivity index (χ1v) is 7.91. The largest absolute Gasteiger partial charge is 0.425 e. The maximum atomic E-state index is 12.1. The van der Waals surface area contributed by atoms with Gasteiger partial charge in [0.15, 0.2) is 0 Å². The van der Waals surface area contributed by atoms with Gasteiger partial charge < -0.3 is 4.74 Å². The average molecular weight is 429 g/mol. The molecule has 17 heavy (non-hydrogen) atoms. The highest BCUT2D eigenvalue weighted by atomic mass is 79.9. The number of alkyl halides is 3. The van der Waals surface area contributed by atoms with Gasteiger partial charge in [-0.05, 0) is 24.6 Å². The van der Waals surface area contributed by atoms with Crippen molar-refractivity contribution in [3.63, 3.8) is 0 Å². The maximum Gasteiger partial charge on any atom is 0.330 e. The van der Waals surface area contributed by atoms with Crippen molar-refractivity contribution in [2.45, 2.75) is 23.0 Å². The molecule has 2 unspecified atom stereocenters. The van der Waals surface area contributed by atoms with Crippen LogP contribution in [0.5, 0.6) is 5.75 Å². The summed E-state index contributed by atoms with van der Waals surface area (Å²) in [6, 6.07) is 7.42. The van der Waals surface area contributed by atoms with Crippen LogP contribution in [-0.4, -0.2) is 20.5 Å². The fraction of sp³-hybridized carbons (Fsp3) is 0.417. The minimum absolute atomic E-state index is 0.0494. The van der Waals surface area contributed by atoms with Gasteiger partial charge in [-0.3, -0.25) is 4.79 Å². The Bertz CT molecular complexity index is 406. The third kappa shape index (κ3) is 3.80. The zero-order valence-electron chi connectivity index (χ0n) is 9.54. The van der Waals surface area contributed by atoms with E-state index in [9.17, 15) is 4.79 Å². The van der Waals surface area contributed by atoms with Crippen LogP contribution in [0.3, 0.4) is 0 Å². The molecule has 2 atom stereocenters. The molecule has 1 rings (SSSR count). The summed E-state index contributed by atoms with van der Waals surface area (Å²) in [6.45, 7) is 3.85. The van der Waals surface area contributed by atoms with E-state index in [1.807, 2.05) is 32.0 Å². The van der Waals surface area contributed by atoms with E-state index in [4.69, 9.17) is 4.74 Å². The van der Waals surface area contributed by atoms with Gasteiger partial charge in [-0.2, -0.15) is 0 Å². The van der Waals surface area contributed by atoms with Crippen molar-refractivity contribution in [1.29, 1.82) is 0 Å². The van der Waals surface area contributed by atoms with E-state index < -0.39 is 4.32 Å². The molecule has 94 valence electrons. The molecule has 0 N–H and O–H groups in total. The van der Waals surface area contributed by atoms with Crippen molar-refractivity contribution in [3.05, 3.63) is 29.8 Å². The average Bonchev–Trinajstić information content (AvgIpc) is 2.27. The molecule has 0 aliphatic carbocycles. The van der Waals surface area contributed by atoms with Gasteiger partial charge in [0, 0.05) is 10.2 Å². The Labute approximate surface area is 126 Å². The molecular formula is C12H13Br3O2. The third-order valence-corrected chi connectivity index (χ3v) is 6.69. The van der Waals surface area contributed by atoms with Crippen LogP contribution >= 0.6 is 47.8 Å². The lowest BCUT2D eigenvalue weighted by molar-refractivity contribution is -0.136. The molecule has 2 nitrogen and oxygen atoms in total. The van der Waals surface area contributed by atoms with Crippen molar-refractivity contribution < 1.29 is 9.53 Å². The summed E-state index contributed by atoms with van der Waals surface area (Å²) in [5.41, 5.74) is 1.06. The lowest BCUT2D eigenvalue weighted by atomic mass is 10.1. The molecule has 0 aliphatic heterocycles. The van der Waals surface area contributed by atoms with Gasteiger partial charge in [-0.15, -0.1) is 0 Å². The van der Waals surface area contributed by atoms with Crippen molar-refractivity contribution >= 4 is 53.8 Å². The van der Waals surface area contributed by atoms with Crippen molar-refractivity contribution in [2.24, 2.45) is 0 Å². The van der Waals surface area contributed by atoms with E-state index in [-0.39, 0.29) is 10.8 Å². The molecule has 1 aromatic rings. The van der Waals surface area contributed by atoms with Gasteiger partial charge in [0.05, 0.1) is 0 Å². The summed E-state index contributed by atoms with van der Waals surface area (Å²) in [5.74, 6) is 0.247. The zero-order chi connectivity index (χ0) is 13.1. The van der Waals surface area contributed by atoms with Crippen molar-refractivity contribution in [3.8, 4) is 5.75 Å². The summed E-state index contributed by atoms with van der Waals surface area (Å²) in [5, 5.41) is 0.469. The van der Waals surface area contributed by atoms with Crippen LogP contribution in [0.25, 0.3) is 0 Å². The number of rotatable bonds is 4. The molecule has 0 aromatic heterocycles. The lowest BCUT2D eigenvalue weighted by Gasteiger charge is -2.25. The number of ether oxygens (including phenoxy) is 1. The second-order valence-electron chi connectivity index (χ2n) is 3.82. The minimum atomic E-state index is -0.767. The van der Waals surface area contributed by atoms with Gasteiger partial charge in [0.2, 0.25) is 0 Å². The zero-order valence-corrected chi connectivity index (χ0v) is 14.3. The van der Waals surface area contributed by atoms with E-state index in [2.05, 4.69) is 47.8 Å². The highest BCUT2D eigenvalue weighted by molar-refractivity contribution is 9.14. The summed E-state index contributed by atoms with van der Waals surface area (Å²) < 4.78 is 4.60. The third-order valence-electron chi connectivity index (χ3n) is 2.36. The van der Waals surface area contributed by atoms with Crippen LogP contribution in [0, 0.1) is 6.92 Å². The Balaban J connectivity index is 2.85. The molecule has 0 saturated carbocycles. The van der Waals surface area contributed by atoms with Crippen LogP contribution < -0.4 is 4.74 Å². The SMILES string of the molecule is Cc1cccc(OC(=O)C(Br)(CBr)C(C)Br)c1. The second kappa shape index (κ2) is 6.34. The quantitative estimate of drug-likeness (QED) is 0.408. The van der Waals surface area contributed by atoms with Crippen molar-refractivity contribution in [2.75, 3.05) is 5.33 Å². The molecule has 5 heteroatoms. The normalized spacial score (nSPS) is 16.1. The smallest absolute Gasteiger partial charge is 0.330 e. The molecule has 0 heterocycles. The van der Waals surface area contributed by atoms with Gasteiger partial charge in [0.25, 0.3) is 0 Å². The Morgan fingerprint density at radius 1 is 1.53 bits per heavy atom. The highest BCUT2D eigenvalue weighted by Crippen LogP contribution is 2.32. The second-order valence-corrected chi connectivity index (χ2v) is 7.17. The van der Waals surface area contributed by atoms with Gasteiger partial charge >= 0.3 is 5.97 Å². The number of hydrogen-bond acceptors (Lipinski definition) is 2. The van der Waals surface area contributed by atoms with Crippen LogP contribution in [-0.2, 0) is 4.79 Å². The molecule has 1 aromatic carbocycles. The van der Waals surface area contributed by atoms with Gasteiger partial charge in [-0.25, -0.2) is 0 Å². The summed E-state index contributed by atoms with van der Waals surface area (Å²) >= 11 is 10.2. The molecule has 0 amide bonds. The number of benzene rings is 1. The predicted molar refractivity (Wildman–Crippen MR) is 80.7 cm³/mol. The van der Waals surface area contributed by atoms with Gasteiger partial charge in [0.1, 0.15) is 10.1 Å². The summed E-state index contributed by atoms with van der Waals surface area (Å²) in [6.07, 6.45) is 0. The highest BCUT2D eigenvalue weighted by Gasteiger charge is 2.41. The number of hydrogen-bond donors (Lipinski definition) is 0. The topological polar surface area (TPSA) is 26.3 Å². The van der Waals surface area contributed by atoms with E-state index in [0.717, 1.165) is 5.56 Å². The summed E-state index contributed by atoms with van der Waals surface area (Å²) in [7, 11) is 0. The van der Waals surface area contributed by atoms with Crippen LogP contribution in [0.1, 0.15) is 12.5 Å². The van der Waals surface area contributed by atoms with E-state index in [1.54, 1.807) is 6.07 Å². The Morgan fingerprint density at radius 3 is 2.65 bits per heavy atom. The Morgan fingerprint density at radius 2 is 2.18 bits per heavy atom. The molecule has 0 radical (unpaired) electrons. The number of esters is 1. The number of carbonyl (C=O) groups excluding carboxylic acids is 1. The minimum Gasteiger partial charge on any atom is -0.425 e. The molecule has 0 spiro atoms. The van der Waals surface area contributed by atoms with Crippen LogP contribution in [0.15, 0.2) is 24.3 Å². The molecule has 0 bridgehead atoms. The lowest BCUT2D eigenvalue weighted by Crippen LogP contribution is -2.44. The fourth-order valence-corrected chi connectivity index (χ4v) is 2.77. The number of carbonyl (C=O) groups is 1. The maximum absolute atomic E-state index is 12.1. The van der Waals surface area contributed by atoms with E-state index in [1.165, 1.54) is 0 Å². The first-order chi connectivity index (χ1) is 7.90. The van der Waals surface area contributed by atoms with Crippen LogP contribution in [0.2, 0.25) is 0 Å². The molecular weight excluding hydrogens is 416 g/mol. The molecule has 0 aliphatic rings. The summed E-state index contributed by atoms with van der Waals surface area (Å²) in [4.78, 5) is 12.0. The first-order valence-electron chi connectivity index (χ1n) is 5.08. The first kappa shape index (κ1) is 15.2. The van der Waals surface area contributed by atoms with E-state index >= 15 is 0 Å². The Hall–Kier alpha value is 0.130. The fourth-order valence-electron chi connectivity index (χ4n) is 1.19. The number of aryl methyl sites for hydroxylation is 1. The number of halogens is 3. The molecule has 0 saturated heterocycles. The predicted octanol–water partition coefficient (Wildman–Crippen LogP) is 4.21. The Kier molecular flexibility index (Phi) is 5.67. The standard InChI is InChI=1S/C12H13Br3O2/c1-8-4-3-5-10(6-8)17-11(16)12(15,7-13)9(2)14/h3-6,9H,7H2,1-2H3. The van der Waals surface area contributed by atoms with Crippen molar-refractivity contribution in [1.82, 2.24) is 0 Å². The van der Waals surface area contributed by atoms with Crippen LogP contribution in [0.4, 0.5) is 0 Å². The van der Waals surface area contributed by atoms with Gasteiger partial charge in [-0.1, -0.05) is 66.8 Å². The monoisotopic (exact) mass is 426 g/mol.